The molecule has 2 saturated heterocycles. The lowest BCUT2D eigenvalue weighted by molar-refractivity contribution is -0.139. The number of sulfonamides is 1. The van der Waals surface area contributed by atoms with E-state index in [0.717, 1.165) is 4.90 Å². The van der Waals surface area contributed by atoms with E-state index in [1.165, 1.54) is 33.5 Å². The predicted molar refractivity (Wildman–Crippen MR) is 115 cm³/mol. The molecular weight excluding hydrogens is 444 g/mol. The van der Waals surface area contributed by atoms with E-state index in [9.17, 15) is 22.8 Å². The molecule has 0 bridgehead atoms. The number of hydrogen-bond acceptors (Lipinski definition) is 5. The lowest BCUT2D eigenvalue weighted by Crippen LogP contribution is -2.53. The second-order valence-electron chi connectivity index (χ2n) is 8.49. The number of carbonyl (C=O) groups excluding carboxylic acids is 3. The zero-order valence-electron chi connectivity index (χ0n) is 17.8. The van der Waals surface area contributed by atoms with Crippen LogP contribution in [0.25, 0.3) is 0 Å². The van der Waals surface area contributed by atoms with Gasteiger partial charge < -0.3 is 10.2 Å². The molecule has 2 fully saturated rings. The number of carbonyl (C=O) groups is 3. The van der Waals surface area contributed by atoms with Crippen molar-refractivity contribution in [1.82, 2.24) is 19.4 Å². The molecule has 2 heterocycles. The molecule has 170 valence electrons. The van der Waals surface area contributed by atoms with Gasteiger partial charge in [0.15, 0.2) is 0 Å². The van der Waals surface area contributed by atoms with Gasteiger partial charge in [-0.1, -0.05) is 25.4 Å². The van der Waals surface area contributed by atoms with Crippen LogP contribution < -0.4 is 5.32 Å². The Kier molecular flexibility index (Phi) is 6.64. The van der Waals surface area contributed by atoms with Gasteiger partial charge in [0.1, 0.15) is 12.1 Å². The maximum atomic E-state index is 12.8. The van der Waals surface area contributed by atoms with Crippen molar-refractivity contribution in [2.75, 3.05) is 32.7 Å². The fourth-order valence-electron chi connectivity index (χ4n) is 4.01. The lowest BCUT2D eigenvalue weighted by Gasteiger charge is -2.34. The highest BCUT2D eigenvalue weighted by molar-refractivity contribution is 7.89. The van der Waals surface area contributed by atoms with Crippen molar-refractivity contribution in [1.29, 1.82) is 0 Å². The number of piperazine rings is 1. The zero-order chi connectivity index (χ0) is 23.0. The Hall–Kier alpha value is -2.17. The quantitative estimate of drug-likeness (QED) is 0.634. The van der Waals surface area contributed by atoms with Gasteiger partial charge in [-0.25, -0.2) is 13.2 Å². The van der Waals surface area contributed by atoms with Crippen LogP contribution in [0.5, 0.6) is 0 Å². The molecule has 0 radical (unpaired) electrons. The molecule has 0 aliphatic carbocycles. The fraction of sp³-hybridized carbons (Fsp3) is 0.550. The van der Waals surface area contributed by atoms with Crippen LogP contribution in [0.2, 0.25) is 5.02 Å². The van der Waals surface area contributed by atoms with Crippen molar-refractivity contribution in [3.8, 4) is 0 Å². The Morgan fingerprint density at radius 3 is 2.26 bits per heavy atom. The SMILES string of the molecule is CC(C)C[C@]1(C)NC(=O)N(CC(=O)N2CCN(S(=O)(=O)c3ccc(Cl)cc3)CC2)C1=O. The molecule has 0 spiro atoms. The van der Waals surface area contributed by atoms with E-state index >= 15 is 0 Å². The van der Waals surface area contributed by atoms with Crippen LogP contribution >= 0.6 is 11.6 Å². The molecule has 31 heavy (non-hydrogen) atoms. The Bertz CT molecular complexity index is 974. The summed E-state index contributed by atoms with van der Waals surface area (Å²) in [5.74, 6) is -0.607. The van der Waals surface area contributed by atoms with Gasteiger partial charge in [0.05, 0.1) is 4.90 Å². The molecule has 1 atom stereocenters. The first-order valence-corrected chi connectivity index (χ1v) is 11.9. The van der Waals surface area contributed by atoms with Crippen LogP contribution in [0.1, 0.15) is 27.2 Å². The average Bonchev–Trinajstić information content (AvgIpc) is 2.90. The Morgan fingerprint density at radius 1 is 1.13 bits per heavy atom. The summed E-state index contributed by atoms with van der Waals surface area (Å²) in [4.78, 5) is 40.3. The number of amides is 4. The van der Waals surface area contributed by atoms with Gasteiger partial charge in [-0.2, -0.15) is 4.31 Å². The fourth-order valence-corrected chi connectivity index (χ4v) is 5.56. The highest BCUT2D eigenvalue weighted by Crippen LogP contribution is 2.25. The molecule has 9 nitrogen and oxygen atoms in total. The summed E-state index contributed by atoms with van der Waals surface area (Å²) >= 11 is 5.83. The summed E-state index contributed by atoms with van der Waals surface area (Å²) in [7, 11) is -3.69. The van der Waals surface area contributed by atoms with E-state index in [1.54, 1.807) is 6.92 Å². The first-order chi connectivity index (χ1) is 14.4. The van der Waals surface area contributed by atoms with Crippen molar-refractivity contribution in [3.05, 3.63) is 29.3 Å². The van der Waals surface area contributed by atoms with Crippen molar-refractivity contribution in [3.63, 3.8) is 0 Å². The average molecular weight is 471 g/mol. The number of imide groups is 1. The van der Waals surface area contributed by atoms with Crippen molar-refractivity contribution < 1.29 is 22.8 Å². The molecule has 11 heteroatoms. The summed E-state index contributed by atoms with van der Waals surface area (Å²) in [6.45, 7) is 5.83. The van der Waals surface area contributed by atoms with Gasteiger partial charge >= 0.3 is 6.03 Å². The van der Waals surface area contributed by atoms with Crippen LogP contribution in [0.4, 0.5) is 4.79 Å². The second kappa shape index (κ2) is 8.76. The van der Waals surface area contributed by atoms with Crippen molar-refractivity contribution >= 4 is 39.5 Å². The molecule has 2 aliphatic heterocycles. The smallest absolute Gasteiger partial charge is 0.325 e. The van der Waals surface area contributed by atoms with Crippen LogP contribution in [-0.2, 0) is 19.6 Å². The van der Waals surface area contributed by atoms with Gasteiger partial charge in [-0.05, 0) is 43.5 Å². The van der Waals surface area contributed by atoms with Crippen LogP contribution in [0, 0.1) is 5.92 Å². The van der Waals surface area contributed by atoms with Gasteiger partial charge in [0.2, 0.25) is 15.9 Å². The molecule has 1 aromatic rings. The van der Waals surface area contributed by atoms with Crippen LogP contribution in [0.3, 0.4) is 0 Å². The largest absolute Gasteiger partial charge is 0.338 e. The molecule has 2 aliphatic rings. The Morgan fingerprint density at radius 2 is 1.71 bits per heavy atom. The van der Waals surface area contributed by atoms with E-state index in [4.69, 9.17) is 11.6 Å². The van der Waals surface area contributed by atoms with E-state index in [-0.39, 0.29) is 49.4 Å². The van der Waals surface area contributed by atoms with E-state index in [1.807, 2.05) is 13.8 Å². The minimum atomic E-state index is -3.69. The number of benzene rings is 1. The minimum absolute atomic E-state index is 0.127. The first-order valence-electron chi connectivity index (χ1n) is 10.1. The number of nitrogens with one attached hydrogen (secondary N) is 1. The Labute approximate surface area is 187 Å². The van der Waals surface area contributed by atoms with Gasteiger partial charge in [0, 0.05) is 31.2 Å². The summed E-state index contributed by atoms with van der Waals surface area (Å²) in [6, 6.07) is 5.34. The third-order valence-electron chi connectivity index (χ3n) is 5.50. The Balaban J connectivity index is 1.60. The van der Waals surface area contributed by atoms with Crippen molar-refractivity contribution in [2.24, 2.45) is 5.92 Å². The molecular formula is C20H27ClN4O5S. The first kappa shape index (κ1) is 23.5. The number of urea groups is 1. The number of hydrogen-bond donors (Lipinski definition) is 1. The molecule has 0 aromatic heterocycles. The maximum Gasteiger partial charge on any atom is 0.325 e. The predicted octanol–water partition coefficient (Wildman–Crippen LogP) is 1.53. The van der Waals surface area contributed by atoms with E-state index in [0.29, 0.717) is 11.4 Å². The number of nitrogens with zero attached hydrogens (tertiary/aromatic N) is 3. The summed E-state index contributed by atoms with van der Waals surface area (Å²) < 4.78 is 26.9. The zero-order valence-corrected chi connectivity index (χ0v) is 19.4. The van der Waals surface area contributed by atoms with Crippen LogP contribution in [0.15, 0.2) is 29.2 Å². The molecule has 4 amide bonds. The standard InChI is InChI=1S/C20H27ClN4O5S/c1-14(2)12-20(3)18(27)25(19(28)22-20)13-17(26)23-8-10-24(11-9-23)31(29,30)16-6-4-15(21)5-7-16/h4-7,14H,8-13H2,1-3H3,(H,22,28)/t20-/m0/s1. The summed E-state index contributed by atoms with van der Waals surface area (Å²) in [5, 5.41) is 3.13. The monoisotopic (exact) mass is 470 g/mol. The lowest BCUT2D eigenvalue weighted by atomic mass is 9.91. The van der Waals surface area contributed by atoms with E-state index < -0.39 is 27.5 Å². The molecule has 0 unspecified atom stereocenters. The highest BCUT2D eigenvalue weighted by Gasteiger charge is 2.48. The number of halogens is 1. The van der Waals surface area contributed by atoms with Gasteiger partial charge in [-0.15, -0.1) is 0 Å². The summed E-state index contributed by atoms with van der Waals surface area (Å²) in [5.41, 5.74) is -1.02. The molecule has 0 saturated carbocycles. The second-order valence-corrected chi connectivity index (χ2v) is 10.9. The van der Waals surface area contributed by atoms with Crippen molar-refractivity contribution in [2.45, 2.75) is 37.6 Å². The number of rotatable bonds is 6. The third kappa shape index (κ3) is 4.86. The van der Waals surface area contributed by atoms with Gasteiger partial charge in [-0.3, -0.25) is 14.5 Å². The summed E-state index contributed by atoms with van der Waals surface area (Å²) in [6.07, 6.45) is 0.476. The van der Waals surface area contributed by atoms with Gasteiger partial charge in [0.25, 0.3) is 5.91 Å². The molecule has 1 N–H and O–H groups in total. The molecule has 1 aromatic carbocycles. The normalized spacial score (nSPS) is 22.9. The molecule has 3 rings (SSSR count). The third-order valence-corrected chi connectivity index (χ3v) is 7.66. The maximum absolute atomic E-state index is 12.8. The van der Waals surface area contributed by atoms with E-state index in [2.05, 4.69) is 5.32 Å². The highest BCUT2D eigenvalue weighted by atomic mass is 35.5. The minimum Gasteiger partial charge on any atom is -0.338 e. The topological polar surface area (TPSA) is 107 Å². The van der Waals surface area contributed by atoms with Crippen LogP contribution in [-0.4, -0.2) is 78.6 Å².